The molecule has 1 N–H and O–H groups in total. The van der Waals surface area contributed by atoms with E-state index in [-0.39, 0.29) is 17.9 Å². The second kappa shape index (κ2) is 5.31. The average molecular weight is 260 g/mol. The molecule has 0 saturated carbocycles. The molecule has 6 nitrogen and oxygen atoms in total. The minimum atomic E-state index is -3.07. The lowest BCUT2D eigenvalue weighted by Gasteiger charge is -2.06. The van der Waals surface area contributed by atoms with Crippen LogP contribution in [0.2, 0.25) is 0 Å². The third kappa shape index (κ3) is 3.85. The summed E-state index contributed by atoms with van der Waals surface area (Å²) in [6, 6.07) is 0. The average Bonchev–Trinajstić information content (AvgIpc) is 2.58. The molecule has 0 aliphatic carbocycles. The maximum absolute atomic E-state index is 11.1. The topological polar surface area (TPSA) is 89.3 Å². The summed E-state index contributed by atoms with van der Waals surface area (Å²) < 4.78 is 23.6. The number of aromatic nitrogens is 2. The SMILES string of the molecule is CCCc1c(C(=O)O)cnn1CCS(C)(=O)=O. The quantitative estimate of drug-likeness (QED) is 0.808. The summed E-state index contributed by atoms with van der Waals surface area (Å²) in [5.74, 6) is -1.07. The molecule has 1 aromatic heterocycles. The zero-order chi connectivity index (χ0) is 13.1. The lowest BCUT2D eigenvalue weighted by atomic mass is 10.1. The van der Waals surface area contributed by atoms with Crippen molar-refractivity contribution in [3.8, 4) is 0 Å². The van der Waals surface area contributed by atoms with Crippen LogP contribution in [0.5, 0.6) is 0 Å². The van der Waals surface area contributed by atoms with Crippen LogP contribution in [0.4, 0.5) is 0 Å². The van der Waals surface area contributed by atoms with Gasteiger partial charge in [0.25, 0.3) is 0 Å². The van der Waals surface area contributed by atoms with E-state index in [0.717, 1.165) is 12.7 Å². The van der Waals surface area contributed by atoms with Gasteiger partial charge in [-0.3, -0.25) is 4.68 Å². The van der Waals surface area contributed by atoms with E-state index in [4.69, 9.17) is 5.11 Å². The Labute approximate surface area is 100 Å². The number of aryl methyl sites for hydroxylation is 1. The van der Waals surface area contributed by atoms with Crippen molar-refractivity contribution in [2.45, 2.75) is 26.3 Å². The van der Waals surface area contributed by atoms with Crippen LogP contribution in [0.25, 0.3) is 0 Å². The molecular formula is C10H16N2O4S. The van der Waals surface area contributed by atoms with Crippen molar-refractivity contribution in [3.05, 3.63) is 17.5 Å². The molecule has 17 heavy (non-hydrogen) atoms. The van der Waals surface area contributed by atoms with Gasteiger partial charge in [-0.05, 0) is 6.42 Å². The van der Waals surface area contributed by atoms with Gasteiger partial charge in [-0.2, -0.15) is 5.10 Å². The van der Waals surface area contributed by atoms with Crippen LogP contribution < -0.4 is 0 Å². The maximum atomic E-state index is 11.1. The van der Waals surface area contributed by atoms with Gasteiger partial charge >= 0.3 is 5.97 Å². The molecule has 1 rings (SSSR count). The smallest absolute Gasteiger partial charge is 0.339 e. The number of carboxylic acid groups (broad SMARTS) is 1. The number of nitrogens with zero attached hydrogens (tertiary/aromatic N) is 2. The molecule has 0 aromatic carbocycles. The van der Waals surface area contributed by atoms with E-state index >= 15 is 0 Å². The number of aromatic carboxylic acids is 1. The molecule has 0 amide bonds. The highest BCUT2D eigenvalue weighted by molar-refractivity contribution is 7.90. The first-order valence-corrected chi connectivity index (χ1v) is 7.37. The van der Waals surface area contributed by atoms with Gasteiger partial charge in [0.15, 0.2) is 0 Å². The molecule has 0 atom stereocenters. The van der Waals surface area contributed by atoms with Gasteiger partial charge in [-0.1, -0.05) is 13.3 Å². The van der Waals surface area contributed by atoms with Crippen molar-refractivity contribution in [2.75, 3.05) is 12.0 Å². The molecule has 1 aromatic rings. The van der Waals surface area contributed by atoms with E-state index in [2.05, 4.69) is 5.10 Å². The first kappa shape index (κ1) is 13.7. The maximum Gasteiger partial charge on any atom is 0.339 e. The van der Waals surface area contributed by atoms with Crippen LogP contribution >= 0.6 is 0 Å². The van der Waals surface area contributed by atoms with E-state index in [1.54, 1.807) is 0 Å². The van der Waals surface area contributed by atoms with Crippen LogP contribution in [0, 0.1) is 0 Å². The summed E-state index contributed by atoms with van der Waals surface area (Å²) in [7, 11) is -3.07. The zero-order valence-corrected chi connectivity index (χ0v) is 10.7. The number of hydrogen-bond donors (Lipinski definition) is 1. The molecule has 0 aliphatic rings. The highest BCUT2D eigenvalue weighted by Crippen LogP contribution is 2.11. The van der Waals surface area contributed by atoms with Crippen molar-refractivity contribution in [1.82, 2.24) is 9.78 Å². The fraction of sp³-hybridized carbons (Fsp3) is 0.600. The molecule has 7 heteroatoms. The monoisotopic (exact) mass is 260 g/mol. The molecule has 96 valence electrons. The highest BCUT2D eigenvalue weighted by Gasteiger charge is 2.16. The van der Waals surface area contributed by atoms with Gasteiger partial charge in [-0.25, -0.2) is 13.2 Å². The Bertz CT molecular complexity index is 504. The van der Waals surface area contributed by atoms with Crippen LogP contribution in [0.15, 0.2) is 6.20 Å². The zero-order valence-electron chi connectivity index (χ0n) is 9.88. The van der Waals surface area contributed by atoms with E-state index in [9.17, 15) is 13.2 Å². The second-order valence-corrected chi connectivity index (χ2v) is 6.17. The number of rotatable bonds is 6. The van der Waals surface area contributed by atoms with Crippen LogP contribution in [0.1, 0.15) is 29.4 Å². The van der Waals surface area contributed by atoms with Crippen molar-refractivity contribution in [1.29, 1.82) is 0 Å². The van der Waals surface area contributed by atoms with Crippen molar-refractivity contribution >= 4 is 15.8 Å². The van der Waals surface area contributed by atoms with Gasteiger partial charge in [0, 0.05) is 6.26 Å². The Hall–Kier alpha value is -1.37. The molecule has 0 bridgehead atoms. The fourth-order valence-electron chi connectivity index (χ4n) is 1.53. The lowest BCUT2D eigenvalue weighted by Crippen LogP contribution is -2.15. The Morgan fingerprint density at radius 3 is 2.65 bits per heavy atom. The third-order valence-corrected chi connectivity index (χ3v) is 3.26. The standard InChI is InChI=1S/C10H16N2O4S/c1-3-4-9-8(10(13)14)7-11-12(9)5-6-17(2,15)16/h7H,3-6H2,1-2H3,(H,13,14). The minimum absolute atomic E-state index is 0.0372. The first-order chi connectivity index (χ1) is 7.85. The molecule has 0 fully saturated rings. The van der Waals surface area contributed by atoms with Gasteiger partial charge in [0.2, 0.25) is 0 Å². The fourth-order valence-corrected chi connectivity index (χ4v) is 2.04. The Balaban J connectivity index is 2.95. The predicted molar refractivity (Wildman–Crippen MR) is 62.9 cm³/mol. The molecule has 0 aliphatic heterocycles. The summed E-state index contributed by atoms with van der Waals surface area (Å²) in [5, 5.41) is 12.9. The third-order valence-electron chi connectivity index (χ3n) is 2.34. The van der Waals surface area contributed by atoms with Gasteiger partial charge < -0.3 is 5.11 Å². The normalized spacial score (nSPS) is 11.6. The molecule has 1 heterocycles. The Morgan fingerprint density at radius 1 is 1.53 bits per heavy atom. The van der Waals surface area contributed by atoms with Gasteiger partial charge in [0.1, 0.15) is 15.4 Å². The highest BCUT2D eigenvalue weighted by atomic mass is 32.2. The number of carbonyl (C=O) groups is 1. The number of sulfone groups is 1. The van der Waals surface area contributed by atoms with E-state index in [1.807, 2.05) is 6.92 Å². The molecule has 0 radical (unpaired) electrons. The predicted octanol–water partition coefficient (Wildman–Crippen LogP) is 0.578. The Morgan fingerprint density at radius 2 is 2.18 bits per heavy atom. The summed E-state index contributed by atoms with van der Waals surface area (Å²) in [5.41, 5.74) is 0.740. The second-order valence-electron chi connectivity index (χ2n) is 3.91. The minimum Gasteiger partial charge on any atom is -0.478 e. The Kier molecular flexibility index (Phi) is 4.28. The molecular weight excluding hydrogens is 244 g/mol. The lowest BCUT2D eigenvalue weighted by molar-refractivity contribution is 0.0695. The molecule has 0 unspecified atom stereocenters. The van der Waals surface area contributed by atoms with Crippen LogP contribution in [-0.2, 0) is 22.8 Å². The van der Waals surface area contributed by atoms with Gasteiger partial charge in [-0.15, -0.1) is 0 Å². The van der Waals surface area contributed by atoms with Gasteiger partial charge in [0.05, 0.1) is 24.2 Å². The summed E-state index contributed by atoms with van der Waals surface area (Å²) >= 11 is 0. The summed E-state index contributed by atoms with van der Waals surface area (Å²) in [6.45, 7) is 2.13. The number of carboxylic acids is 1. The molecule has 0 saturated heterocycles. The van der Waals surface area contributed by atoms with E-state index < -0.39 is 15.8 Å². The van der Waals surface area contributed by atoms with E-state index in [1.165, 1.54) is 10.9 Å². The molecule has 0 spiro atoms. The first-order valence-electron chi connectivity index (χ1n) is 5.31. The van der Waals surface area contributed by atoms with Crippen molar-refractivity contribution in [2.24, 2.45) is 0 Å². The summed E-state index contributed by atoms with van der Waals surface area (Å²) in [6.07, 6.45) is 3.78. The number of hydrogen-bond acceptors (Lipinski definition) is 4. The van der Waals surface area contributed by atoms with Crippen molar-refractivity contribution in [3.63, 3.8) is 0 Å². The van der Waals surface area contributed by atoms with Crippen LogP contribution in [0.3, 0.4) is 0 Å². The van der Waals surface area contributed by atoms with Crippen LogP contribution in [-0.4, -0.2) is 41.3 Å². The summed E-state index contributed by atoms with van der Waals surface area (Å²) in [4.78, 5) is 10.9. The van der Waals surface area contributed by atoms with E-state index in [0.29, 0.717) is 12.1 Å². The largest absolute Gasteiger partial charge is 0.478 e. The van der Waals surface area contributed by atoms with Crippen molar-refractivity contribution < 1.29 is 18.3 Å².